The van der Waals surface area contributed by atoms with E-state index in [1.165, 1.54) is 30.8 Å². The fourth-order valence-electron chi connectivity index (χ4n) is 3.54. The Kier molecular flexibility index (Phi) is 9.79. The monoisotopic (exact) mass is 555 g/mol. The summed E-state index contributed by atoms with van der Waals surface area (Å²) in [5.41, 5.74) is 11.5. The molecule has 1 aliphatic heterocycles. The van der Waals surface area contributed by atoms with Crippen LogP contribution in [-0.4, -0.2) is 45.7 Å². The lowest BCUT2D eigenvalue weighted by atomic mass is 10.1. The van der Waals surface area contributed by atoms with Crippen molar-refractivity contribution in [3.05, 3.63) is 101 Å². The van der Waals surface area contributed by atoms with Crippen LogP contribution in [0, 0.1) is 12.7 Å². The van der Waals surface area contributed by atoms with Gasteiger partial charge in [-0.15, -0.1) is 5.48 Å². The smallest absolute Gasteiger partial charge is 0.251 e. The molecular formula is C28H34FN5O4S. The first kappa shape index (κ1) is 29.8. The van der Waals surface area contributed by atoms with E-state index < -0.39 is 28.1 Å². The largest absolute Gasteiger partial charge is 0.386 e. The second kappa shape index (κ2) is 12.8. The highest BCUT2D eigenvalue weighted by Gasteiger charge is 2.25. The molecule has 208 valence electrons. The van der Waals surface area contributed by atoms with Crippen LogP contribution in [0.25, 0.3) is 0 Å². The quantitative estimate of drug-likeness (QED) is 0.409. The lowest BCUT2D eigenvalue weighted by Gasteiger charge is -2.20. The van der Waals surface area contributed by atoms with Crippen LogP contribution in [-0.2, 0) is 14.9 Å². The third kappa shape index (κ3) is 8.34. The fraction of sp³-hybridized carbons (Fsp3) is 0.286. The number of carbonyl (C=O) groups is 1. The molecule has 39 heavy (non-hydrogen) atoms. The summed E-state index contributed by atoms with van der Waals surface area (Å²) < 4.78 is 38.4. The van der Waals surface area contributed by atoms with Gasteiger partial charge in [0.15, 0.2) is 6.17 Å². The van der Waals surface area contributed by atoms with Crippen molar-refractivity contribution in [2.24, 2.45) is 10.7 Å². The number of nitrogens with one attached hydrogen (secondary N) is 2. The number of aryl methyl sites for hydroxylation is 1. The van der Waals surface area contributed by atoms with Gasteiger partial charge in [-0.1, -0.05) is 48.0 Å². The number of anilines is 1. The maximum atomic E-state index is 13.2. The summed E-state index contributed by atoms with van der Waals surface area (Å²) in [6.45, 7) is 5.61. The zero-order chi connectivity index (χ0) is 28.7. The van der Waals surface area contributed by atoms with Crippen LogP contribution < -0.4 is 20.8 Å². The van der Waals surface area contributed by atoms with Gasteiger partial charge < -0.3 is 15.9 Å². The van der Waals surface area contributed by atoms with Crippen LogP contribution in [0.2, 0.25) is 0 Å². The summed E-state index contributed by atoms with van der Waals surface area (Å²) in [4.78, 5) is 22.8. The Hall–Kier alpha value is -3.80. The number of sulfonamides is 1. The van der Waals surface area contributed by atoms with E-state index in [1.807, 2.05) is 18.2 Å². The highest BCUT2D eigenvalue weighted by atomic mass is 32.2. The van der Waals surface area contributed by atoms with Gasteiger partial charge in [-0.2, -0.15) is 0 Å². The van der Waals surface area contributed by atoms with Crippen molar-refractivity contribution < 1.29 is 22.4 Å². The second-order valence-corrected chi connectivity index (χ2v) is 11.4. The number of nitrogens with two attached hydrogens (primary N) is 1. The van der Waals surface area contributed by atoms with Crippen LogP contribution >= 0.6 is 0 Å². The molecule has 11 heteroatoms. The number of amides is 1. The lowest BCUT2D eigenvalue weighted by Crippen LogP contribution is -2.38. The molecule has 0 fully saturated rings. The molecule has 0 aliphatic carbocycles. The standard InChI is InChI=1S/C21H26FN5O4S.C7H8/c1-12(23)19-25-21(31-26-19)16-9-15(10-18(11-16)27(3)32(4,29)30)20(28)24-13(2)14-5-7-17(22)8-6-14;1-7-5-3-2-4-6-7/h5-13,19,26H,23H2,1-4H3,(H,24,28);2-6H,1H3. The van der Waals surface area contributed by atoms with E-state index in [1.54, 1.807) is 38.1 Å². The summed E-state index contributed by atoms with van der Waals surface area (Å²) in [5, 5.41) is 2.84. The molecule has 1 heterocycles. The molecule has 1 amide bonds. The van der Waals surface area contributed by atoms with Crippen LogP contribution in [0.4, 0.5) is 10.1 Å². The summed E-state index contributed by atoms with van der Waals surface area (Å²) in [5.74, 6) is -0.622. The normalized spacial score (nSPS) is 16.2. The molecule has 3 aromatic carbocycles. The Balaban J connectivity index is 0.000000520. The molecule has 4 N–H and O–H groups in total. The molecule has 3 unspecified atom stereocenters. The topological polar surface area (TPSA) is 126 Å². The van der Waals surface area contributed by atoms with E-state index in [0.717, 1.165) is 16.1 Å². The molecule has 0 bridgehead atoms. The van der Waals surface area contributed by atoms with Gasteiger partial charge >= 0.3 is 0 Å². The minimum atomic E-state index is -3.58. The number of hydrogen-bond donors (Lipinski definition) is 3. The highest BCUT2D eigenvalue weighted by Crippen LogP contribution is 2.24. The first-order valence-electron chi connectivity index (χ1n) is 12.3. The van der Waals surface area contributed by atoms with E-state index in [0.29, 0.717) is 5.56 Å². The average Bonchev–Trinajstić information content (AvgIpc) is 3.40. The number of aliphatic imine (C=N–C) groups is 1. The number of hydroxylamine groups is 1. The Morgan fingerprint density at radius 1 is 1.10 bits per heavy atom. The maximum Gasteiger partial charge on any atom is 0.251 e. The van der Waals surface area contributed by atoms with E-state index in [9.17, 15) is 17.6 Å². The molecule has 3 atom stereocenters. The molecule has 0 spiro atoms. The SMILES string of the molecule is CC(NC(=O)c1cc(C2=NC(C(C)N)NO2)cc(N(C)S(C)(=O)=O)c1)c1ccc(F)cc1.Cc1ccccc1. The highest BCUT2D eigenvalue weighted by molar-refractivity contribution is 7.92. The molecule has 0 aromatic heterocycles. The van der Waals surface area contributed by atoms with E-state index in [-0.39, 0.29) is 29.0 Å². The number of benzene rings is 3. The second-order valence-electron chi connectivity index (χ2n) is 9.36. The number of carbonyl (C=O) groups excluding carboxylic acids is 1. The molecule has 0 saturated carbocycles. The molecule has 0 saturated heterocycles. The first-order valence-corrected chi connectivity index (χ1v) is 14.1. The predicted molar refractivity (Wildman–Crippen MR) is 151 cm³/mol. The van der Waals surface area contributed by atoms with Crippen molar-refractivity contribution in [1.29, 1.82) is 0 Å². The average molecular weight is 556 g/mol. The van der Waals surface area contributed by atoms with Gasteiger partial charge in [-0.05, 0) is 56.7 Å². The van der Waals surface area contributed by atoms with Gasteiger partial charge in [0.2, 0.25) is 15.9 Å². The van der Waals surface area contributed by atoms with Crippen molar-refractivity contribution in [2.75, 3.05) is 17.6 Å². The van der Waals surface area contributed by atoms with Gasteiger partial charge in [0, 0.05) is 24.2 Å². The van der Waals surface area contributed by atoms with E-state index in [2.05, 4.69) is 34.8 Å². The number of rotatable bonds is 7. The van der Waals surface area contributed by atoms with Crippen molar-refractivity contribution in [1.82, 2.24) is 10.8 Å². The van der Waals surface area contributed by atoms with Crippen LogP contribution in [0.15, 0.2) is 77.8 Å². The van der Waals surface area contributed by atoms with Gasteiger partial charge in [0.05, 0.1) is 18.0 Å². The summed E-state index contributed by atoms with van der Waals surface area (Å²) in [6, 6.07) is 19.9. The van der Waals surface area contributed by atoms with Crippen molar-refractivity contribution in [3.63, 3.8) is 0 Å². The Bertz CT molecular complexity index is 1410. The third-order valence-electron chi connectivity index (χ3n) is 5.98. The number of nitrogens with zero attached hydrogens (tertiary/aromatic N) is 2. The molecule has 0 radical (unpaired) electrons. The first-order chi connectivity index (χ1) is 18.3. The van der Waals surface area contributed by atoms with Gasteiger partial charge in [0.1, 0.15) is 5.82 Å². The molecule has 9 nitrogen and oxygen atoms in total. The third-order valence-corrected chi connectivity index (χ3v) is 7.18. The van der Waals surface area contributed by atoms with Crippen molar-refractivity contribution >= 4 is 27.5 Å². The van der Waals surface area contributed by atoms with Gasteiger partial charge in [-0.3, -0.25) is 9.10 Å². The summed E-state index contributed by atoms with van der Waals surface area (Å²) >= 11 is 0. The minimum Gasteiger partial charge on any atom is -0.386 e. The van der Waals surface area contributed by atoms with E-state index >= 15 is 0 Å². The zero-order valence-corrected chi connectivity index (χ0v) is 23.4. The summed E-state index contributed by atoms with van der Waals surface area (Å²) in [7, 11) is -2.20. The molecular weight excluding hydrogens is 521 g/mol. The number of hydrogen-bond acceptors (Lipinski definition) is 7. The minimum absolute atomic E-state index is 0.191. The Morgan fingerprint density at radius 3 is 2.26 bits per heavy atom. The van der Waals surface area contributed by atoms with Gasteiger partial charge in [-0.25, -0.2) is 17.8 Å². The summed E-state index contributed by atoms with van der Waals surface area (Å²) in [6.07, 6.45) is 0.588. The van der Waals surface area contributed by atoms with Crippen molar-refractivity contribution in [2.45, 2.75) is 39.0 Å². The van der Waals surface area contributed by atoms with Crippen molar-refractivity contribution in [3.8, 4) is 0 Å². The van der Waals surface area contributed by atoms with Crippen LogP contribution in [0.5, 0.6) is 0 Å². The van der Waals surface area contributed by atoms with Crippen LogP contribution in [0.1, 0.15) is 46.9 Å². The lowest BCUT2D eigenvalue weighted by molar-refractivity contribution is 0.0940. The Morgan fingerprint density at radius 2 is 1.74 bits per heavy atom. The molecule has 1 aliphatic rings. The Labute approximate surface area is 228 Å². The fourth-order valence-corrected chi connectivity index (χ4v) is 4.03. The predicted octanol–water partition coefficient (Wildman–Crippen LogP) is 3.66. The van der Waals surface area contributed by atoms with E-state index in [4.69, 9.17) is 10.6 Å². The van der Waals surface area contributed by atoms with Gasteiger partial charge in [0.25, 0.3) is 5.91 Å². The maximum absolute atomic E-state index is 13.2. The number of halogens is 1. The zero-order valence-electron chi connectivity index (χ0n) is 22.6. The molecule has 3 aromatic rings. The molecule has 4 rings (SSSR count). The van der Waals surface area contributed by atoms with Crippen LogP contribution in [0.3, 0.4) is 0 Å².